The largest absolute Gasteiger partial charge is 0.481 e. The average molecular weight is 205 g/mol. The molecule has 1 aliphatic heterocycles. The minimum absolute atomic E-state index is 0.405. The lowest BCUT2D eigenvalue weighted by Crippen LogP contribution is -2.29. The van der Waals surface area contributed by atoms with E-state index in [-0.39, 0.29) is 0 Å². The monoisotopic (exact) mass is 205 g/mol. The summed E-state index contributed by atoms with van der Waals surface area (Å²) in [5.41, 5.74) is 1.30. The van der Waals surface area contributed by atoms with Gasteiger partial charge in [-0.3, -0.25) is 4.79 Å². The minimum Gasteiger partial charge on any atom is -0.481 e. The fraction of sp³-hybridized carbons (Fsp3) is 0.273. The van der Waals surface area contributed by atoms with Gasteiger partial charge in [-0.05, 0) is 6.92 Å². The molecule has 0 amide bonds. The van der Waals surface area contributed by atoms with Crippen LogP contribution in [0.1, 0.15) is 12.5 Å². The van der Waals surface area contributed by atoms with Crippen LogP contribution >= 0.6 is 0 Å². The van der Waals surface area contributed by atoms with Crippen molar-refractivity contribution < 1.29 is 14.7 Å². The number of rotatable bonds is 2. The first-order chi connectivity index (χ1) is 7.20. The summed E-state index contributed by atoms with van der Waals surface area (Å²) in [7, 11) is 0. The fourth-order valence-electron chi connectivity index (χ4n) is 1.64. The summed E-state index contributed by atoms with van der Waals surface area (Å²) < 4.78 is 0. The molecule has 0 aliphatic carbocycles. The molecule has 78 valence electrons. The number of nitrogens with zero attached hydrogens (tertiary/aromatic N) is 1. The molecule has 0 unspecified atom stereocenters. The molecule has 2 rings (SSSR count). The van der Waals surface area contributed by atoms with E-state index in [0.717, 1.165) is 5.56 Å². The van der Waals surface area contributed by atoms with Crippen LogP contribution in [0, 0.1) is 5.92 Å². The second-order valence-electron chi connectivity index (χ2n) is 3.47. The summed E-state index contributed by atoms with van der Waals surface area (Å²) in [6.07, 6.45) is -0.405. The van der Waals surface area contributed by atoms with Crippen molar-refractivity contribution in [3.05, 3.63) is 35.9 Å². The van der Waals surface area contributed by atoms with Gasteiger partial charge in [0.2, 0.25) is 0 Å². The van der Waals surface area contributed by atoms with Gasteiger partial charge in [0.05, 0.1) is 0 Å². The van der Waals surface area contributed by atoms with Gasteiger partial charge >= 0.3 is 5.97 Å². The molecule has 15 heavy (non-hydrogen) atoms. The predicted molar refractivity (Wildman–Crippen MR) is 54.7 cm³/mol. The Hall–Kier alpha value is -1.84. The van der Waals surface area contributed by atoms with Crippen molar-refractivity contribution in [2.24, 2.45) is 11.1 Å². The molecular formula is C11H11NO3. The molecule has 0 fully saturated rings. The van der Waals surface area contributed by atoms with E-state index >= 15 is 0 Å². The highest BCUT2D eigenvalue weighted by molar-refractivity contribution is 6.12. The maximum atomic E-state index is 11.0. The second kappa shape index (κ2) is 3.73. The first kappa shape index (κ1) is 9.71. The Labute approximate surface area is 87.2 Å². The number of carbonyl (C=O) groups is 1. The van der Waals surface area contributed by atoms with Crippen LogP contribution in [0.2, 0.25) is 0 Å². The van der Waals surface area contributed by atoms with Crippen LogP contribution in [0.5, 0.6) is 0 Å². The SMILES string of the molecule is C[C@@H]1ON=C(c2ccccc2)[C@@H]1C(=O)O. The smallest absolute Gasteiger partial charge is 0.316 e. The third-order valence-electron chi connectivity index (χ3n) is 2.42. The van der Waals surface area contributed by atoms with Crippen molar-refractivity contribution in [3.8, 4) is 0 Å². The summed E-state index contributed by atoms with van der Waals surface area (Å²) in [5.74, 6) is -1.57. The Bertz CT molecular complexity index is 400. The van der Waals surface area contributed by atoms with E-state index in [1.807, 2.05) is 30.3 Å². The number of hydrogen-bond donors (Lipinski definition) is 1. The minimum atomic E-state index is -0.900. The lowest BCUT2D eigenvalue weighted by atomic mass is 9.93. The normalized spacial score (nSPS) is 24.5. The molecule has 1 heterocycles. The van der Waals surface area contributed by atoms with Crippen LogP contribution in [0.25, 0.3) is 0 Å². The van der Waals surface area contributed by atoms with E-state index in [9.17, 15) is 4.79 Å². The number of carboxylic acid groups (broad SMARTS) is 1. The van der Waals surface area contributed by atoms with Crippen molar-refractivity contribution in [2.45, 2.75) is 13.0 Å². The highest BCUT2D eigenvalue weighted by Gasteiger charge is 2.37. The van der Waals surface area contributed by atoms with Crippen LogP contribution in [-0.4, -0.2) is 22.9 Å². The van der Waals surface area contributed by atoms with Gasteiger partial charge < -0.3 is 9.94 Å². The summed E-state index contributed by atoms with van der Waals surface area (Å²) >= 11 is 0. The Morgan fingerprint density at radius 2 is 2.07 bits per heavy atom. The molecule has 0 spiro atoms. The van der Waals surface area contributed by atoms with Crippen molar-refractivity contribution in [1.29, 1.82) is 0 Å². The summed E-state index contributed by atoms with van der Waals surface area (Å²) in [5, 5.41) is 12.9. The molecule has 1 N–H and O–H groups in total. The first-order valence-electron chi connectivity index (χ1n) is 4.72. The molecule has 1 aromatic rings. The summed E-state index contributed by atoms with van der Waals surface area (Å²) in [6, 6.07) is 9.23. The quantitative estimate of drug-likeness (QED) is 0.796. The van der Waals surface area contributed by atoms with Gasteiger partial charge in [-0.15, -0.1) is 0 Å². The Morgan fingerprint density at radius 1 is 1.40 bits per heavy atom. The molecular weight excluding hydrogens is 194 g/mol. The van der Waals surface area contributed by atoms with Crippen LogP contribution in [0.4, 0.5) is 0 Å². The lowest BCUT2D eigenvalue weighted by molar-refractivity contribution is -0.141. The van der Waals surface area contributed by atoms with Gasteiger partial charge in [0.25, 0.3) is 0 Å². The van der Waals surface area contributed by atoms with E-state index < -0.39 is 18.0 Å². The molecule has 4 nitrogen and oxygen atoms in total. The topological polar surface area (TPSA) is 58.9 Å². The van der Waals surface area contributed by atoms with Gasteiger partial charge in [-0.1, -0.05) is 35.5 Å². The van der Waals surface area contributed by atoms with Crippen molar-refractivity contribution in [3.63, 3.8) is 0 Å². The number of aliphatic carboxylic acids is 1. The maximum Gasteiger partial charge on any atom is 0.316 e. The molecule has 4 heteroatoms. The first-order valence-corrected chi connectivity index (χ1v) is 4.72. The van der Waals surface area contributed by atoms with Crippen LogP contribution in [-0.2, 0) is 9.63 Å². The van der Waals surface area contributed by atoms with Gasteiger partial charge in [0, 0.05) is 5.56 Å². The Balaban J connectivity index is 2.34. The zero-order chi connectivity index (χ0) is 10.8. The van der Waals surface area contributed by atoms with Crippen LogP contribution in [0.15, 0.2) is 35.5 Å². The lowest BCUT2D eigenvalue weighted by Gasteiger charge is -2.09. The van der Waals surface area contributed by atoms with E-state index in [1.165, 1.54) is 0 Å². The third-order valence-corrected chi connectivity index (χ3v) is 2.42. The summed E-state index contributed by atoms with van der Waals surface area (Å²) in [6.45, 7) is 1.71. The van der Waals surface area contributed by atoms with E-state index in [4.69, 9.17) is 9.94 Å². The molecule has 0 saturated heterocycles. The zero-order valence-electron chi connectivity index (χ0n) is 8.25. The average Bonchev–Trinajstić information content (AvgIpc) is 2.61. The Morgan fingerprint density at radius 3 is 2.67 bits per heavy atom. The van der Waals surface area contributed by atoms with E-state index in [1.54, 1.807) is 6.92 Å². The fourth-order valence-corrected chi connectivity index (χ4v) is 1.64. The molecule has 0 radical (unpaired) electrons. The van der Waals surface area contributed by atoms with E-state index in [0.29, 0.717) is 5.71 Å². The number of benzene rings is 1. The van der Waals surface area contributed by atoms with Crippen LogP contribution in [0.3, 0.4) is 0 Å². The number of hydrogen-bond acceptors (Lipinski definition) is 3. The van der Waals surface area contributed by atoms with Crippen molar-refractivity contribution in [1.82, 2.24) is 0 Å². The maximum absolute atomic E-state index is 11.0. The van der Waals surface area contributed by atoms with Crippen molar-refractivity contribution >= 4 is 11.7 Å². The number of oxime groups is 1. The second-order valence-corrected chi connectivity index (χ2v) is 3.47. The predicted octanol–water partition coefficient (Wildman–Crippen LogP) is 1.51. The van der Waals surface area contributed by atoms with Crippen molar-refractivity contribution in [2.75, 3.05) is 0 Å². The highest BCUT2D eigenvalue weighted by atomic mass is 16.6. The van der Waals surface area contributed by atoms with Gasteiger partial charge in [-0.25, -0.2) is 0 Å². The molecule has 1 aromatic carbocycles. The standard InChI is InChI=1S/C11H11NO3/c1-7-9(11(13)14)10(12-15-7)8-5-3-2-4-6-8/h2-7,9H,1H3,(H,13,14)/t7-,9+/m0/s1. The number of carboxylic acids is 1. The van der Waals surface area contributed by atoms with Gasteiger partial charge in [-0.2, -0.15) is 0 Å². The molecule has 0 bridgehead atoms. The molecule has 0 saturated carbocycles. The van der Waals surface area contributed by atoms with Crippen LogP contribution < -0.4 is 0 Å². The van der Waals surface area contributed by atoms with E-state index in [2.05, 4.69) is 5.16 Å². The zero-order valence-corrected chi connectivity index (χ0v) is 8.25. The van der Waals surface area contributed by atoms with Gasteiger partial charge in [0.15, 0.2) is 0 Å². The highest BCUT2D eigenvalue weighted by Crippen LogP contribution is 2.23. The summed E-state index contributed by atoms with van der Waals surface area (Å²) in [4.78, 5) is 16.0. The third kappa shape index (κ3) is 1.70. The Kier molecular flexibility index (Phi) is 2.41. The molecule has 2 atom stereocenters. The molecule has 0 aromatic heterocycles. The molecule has 1 aliphatic rings. The van der Waals surface area contributed by atoms with Gasteiger partial charge in [0.1, 0.15) is 17.7 Å².